The largest absolute Gasteiger partial charge is 0.375 e. The fourth-order valence-electron chi connectivity index (χ4n) is 2.11. The quantitative estimate of drug-likeness (QED) is 0.841. The first kappa shape index (κ1) is 12.6. The van der Waals surface area contributed by atoms with Gasteiger partial charge in [0, 0.05) is 14.7 Å². The van der Waals surface area contributed by atoms with E-state index in [9.17, 15) is 0 Å². The van der Waals surface area contributed by atoms with Crippen molar-refractivity contribution in [2.24, 2.45) is 0 Å². The van der Waals surface area contributed by atoms with Crippen LogP contribution in [0.15, 0.2) is 15.9 Å². The monoisotopic (exact) mass is 304 g/mol. The van der Waals surface area contributed by atoms with Gasteiger partial charge in [-0.3, -0.25) is 0 Å². The van der Waals surface area contributed by atoms with Crippen molar-refractivity contribution in [3.8, 4) is 0 Å². The Hall–Kier alpha value is 0.1000. The molecule has 4 heteroatoms. The minimum absolute atomic E-state index is 0.323. The second kappa shape index (κ2) is 5.63. The van der Waals surface area contributed by atoms with Gasteiger partial charge in [-0.2, -0.15) is 0 Å². The molecule has 0 saturated carbocycles. The van der Waals surface area contributed by atoms with Crippen LogP contribution in [-0.2, 0) is 16.1 Å². The molecule has 1 aliphatic heterocycles. The summed E-state index contributed by atoms with van der Waals surface area (Å²) in [5.41, 5.74) is 0. The van der Waals surface area contributed by atoms with Crippen LogP contribution in [0.5, 0.6) is 0 Å². The third kappa shape index (κ3) is 3.55. The van der Waals surface area contributed by atoms with Gasteiger partial charge in [-0.1, -0.05) is 0 Å². The number of hydrogen-bond acceptors (Lipinski definition) is 3. The fourth-order valence-corrected chi connectivity index (χ4v) is 3.48. The van der Waals surface area contributed by atoms with Crippen molar-refractivity contribution in [1.82, 2.24) is 0 Å². The summed E-state index contributed by atoms with van der Waals surface area (Å²) < 4.78 is 12.8. The summed E-state index contributed by atoms with van der Waals surface area (Å²) in [6.07, 6.45) is 3.01. The van der Waals surface area contributed by atoms with Crippen LogP contribution in [0, 0.1) is 0 Å². The van der Waals surface area contributed by atoms with E-state index in [1.807, 2.05) is 0 Å². The van der Waals surface area contributed by atoms with E-state index >= 15 is 0 Å². The molecule has 2 rings (SSSR count). The summed E-state index contributed by atoms with van der Waals surface area (Å²) in [4.78, 5) is 1.28. The maximum atomic E-state index is 5.93. The predicted octanol–water partition coefficient (Wildman–Crippen LogP) is 3.98. The van der Waals surface area contributed by atoms with Crippen LogP contribution in [0.4, 0.5) is 0 Å². The number of hydrogen-bond donors (Lipinski definition) is 0. The number of thiophene rings is 1. The predicted molar refractivity (Wildman–Crippen MR) is 69.8 cm³/mol. The second-order valence-electron chi connectivity index (χ2n) is 4.39. The van der Waals surface area contributed by atoms with Gasteiger partial charge in [0.1, 0.15) is 0 Å². The standard InChI is InChI=1S/C12H17BrO2S/c1-8-3-11(4-9(2)15-8)14-6-12-5-10(13)7-16-12/h5,7-9,11H,3-4,6H2,1-2H3. The molecule has 2 unspecified atom stereocenters. The molecule has 0 aromatic carbocycles. The topological polar surface area (TPSA) is 18.5 Å². The fraction of sp³-hybridized carbons (Fsp3) is 0.667. The Morgan fingerprint density at radius 2 is 2.12 bits per heavy atom. The number of ether oxygens (including phenoxy) is 2. The van der Waals surface area contributed by atoms with Gasteiger partial charge in [-0.25, -0.2) is 0 Å². The maximum Gasteiger partial charge on any atom is 0.0813 e. The zero-order valence-corrected chi connectivity index (χ0v) is 12.0. The van der Waals surface area contributed by atoms with E-state index in [1.54, 1.807) is 11.3 Å². The Bertz CT molecular complexity index is 330. The molecule has 0 N–H and O–H groups in total. The molecule has 2 atom stereocenters. The summed E-state index contributed by atoms with van der Waals surface area (Å²) in [5.74, 6) is 0. The molecule has 0 bridgehead atoms. The third-order valence-corrected chi connectivity index (χ3v) is 4.41. The van der Waals surface area contributed by atoms with E-state index in [2.05, 4.69) is 41.2 Å². The summed E-state index contributed by atoms with van der Waals surface area (Å²) in [5, 5.41) is 2.09. The van der Waals surface area contributed by atoms with Gasteiger partial charge in [-0.15, -0.1) is 11.3 Å². The van der Waals surface area contributed by atoms with Crippen LogP contribution in [0.25, 0.3) is 0 Å². The molecule has 1 aromatic rings. The van der Waals surface area contributed by atoms with Crippen LogP contribution in [0.3, 0.4) is 0 Å². The van der Waals surface area contributed by atoms with Crippen LogP contribution in [-0.4, -0.2) is 18.3 Å². The summed E-state index contributed by atoms with van der Waals surface area (Å²) in [6, 6.07) is 2.12. The zero-order valence-electron chi connectivity index (χ0n) is 9.61. The average molecular weight is 305 g/mol. The highest BCUT2D eigenvalue weighted by Crippen LogP contribution is 2.25. The van der Waals surface area contributed by atoms with Gasteiger partial charge in [0.2, 0.25) is 0 Å². The molecule has 1 aliphatic rings. The van der Waals surface area contributed by atoms with Crippen LogP contribution < -0.4 is 0 Å². The van der Waals surface area contributed by atoms with Crippen molar-refractivity contribution >= 4 is 27.3 Å². The smallest absolute Gasteiger partial charge is 0.0813 e. The Kier molecular flexibility index (Phi) is 4.41. The molecular weight excluding hydrogens is 288 g/mol. The van der Waals surface area contributed by atoms with Crippen molar-refractivity contribution in [2.75, 3.05) is 0 Å². The average Bonchev–Trinajstić information content (AvgIpc) is 2.60. The Morgan fingerprint density at radius 3 is 2.69 bits per heavy atom. The maximum absolute atomic E-state index is 5.93. The van der Waals surface area contributed by atoms with E-state index in [4.69, 9.17) is 9.47 Å². The number of rotatable bonds is 3. The lowest BCUT2D eigenvalue weighted by Gasteiger charge is -2.31. The van der Waals surface area contributed by atoms with Crippen molar-refractivity contribution in [3.05, 3.63) is 20.8 Å². The molecule has 2 heterocycles. The van der Waals surface area contributed by atoms with Gasteiger partial charge >= 0.3 is 0 Å². The molecule has 0 amide bonds. The molecule has 1 saturated heterocycles. The molecule has 90 valence electrons. The van der Waals surface area contributed by atoms with E-state index in [1.165, 1.54) is 4.88 Å². The molecule has 0 radical (unpaired) electrons. The molecule has 0 spiro atoms. The zero-order chi connectivity index (χ0) is 11.5. The SMILES string of the molecule is CC1CC(OCc2cc(Br)cs2)CC(C)O1. The van der Waals surface area contributed by atoms with Crippen molar-refractivity contribution in [1.29, 1.82) is 0 Å². The van der Waals surface area contributed by atoms with Crippen LogP contribution in [0.2, 0.25) is 0 Å². The van der Waals surface area contributed by atoms with Gasteiger partial charge in [0.15, 0.2) is 0 Å². The Labute approximate surface area is 109 Å². The van der Waals surface area contributed by atoms with Crippen LogP contribution in [0.1, 0.15) is 31.6 Å². The minimum Gasteiger partial charge on any atom is -0.375 e. The molecule has 1 aromatic heterocycles. The van der Waals surface area contributed by atoms with Gasteiger partial charge in [0.05, 0.1) is 24.9 Å². The first-order valence-electron chi connectivity index (χ1n) is 5.63. The molecule has 0 aliphatic carbocycles. The van der Waals surface area contributed by atoms with Crippen molar-refractivity contribution < 1.29 is 9.47 Å². The highest BCUT2D eigenvalue weighted by molar-refractivity contribution is 9.10. The van der Waals surface area contributed by atoms with Gasteiger partial charge in [0.25, 0.3) is 0 Å². The van der Waals surface area contributed by atoms with Gasteiger partial charge in [-0.05, 0) is 48.7 Å². The highest BCUT2D eigenvalue weighted by Gasteiger charge is 2.24. The summed E-state index contributed by atoms with van der Waals surface area (Å²) in [7, 11) is 0. The Morgan fingerprint density at radius 1 is 1.44 bits per heavy atom. The first-order valence-corrected chi connectivity index (χ1v) is 7.30. The third-order valence-electron chi connectivity index (χ3n) is 2.74. The van der Waals surface area contributed by atoms with Crippen molar-refractivity contribution in [3.63, 3.8) is 0 Å². The lowest BCUT2D eigenvalue weighted by atomic mass is 10.0. The van der Waals surface area contributed by atoms with Gasteiger partial charge < -0.3 is 9.47 Å². The molecular formula is C12H17BrO2S. The number of halogens is 1. The summed E-state index contributed by atoms with van der Waals surface area (Å²) >= 11 is 5.19. The lowest BCUT2D eigenvalue weighted by Crippen LogP contribution is -2.33. The molecule has 16 heavy (non-hydrogen) atoms. The minimum atomic E-state index is 0.323. The highest BCUT2D eigenvalue weighted by atomic mass is 79.9. The lowest BCUT2D eigenvalue weighted by molar-refractivity contribution is -0.105. The summed E-state index contributed by atoms with van der Waals surface area (Å²) in [6.45, 7) is 4.96. The van der Waals surface area contributed by atoms with E-state index in [-0.39, 0.29) is 0 Å². The molecule has 2 nitrogen and oxygen atoms in total. The normalized spacial score (nSPS) is 30.6. The first-order chi connectivity index (χ1) is 7.63. The van der Waals surface area contributed by atoms with E-state index in [0.29, 0.717) is 18.3 Å². The van der Waals surface area contributed by atoms with E-state index < -0.39 is 0 Å². The Balaban J connectivity index is 1.81. The van der Waals surface area contributed by atoms with E-state index in [0.717, 1.165) is 23.9 Å². The molecule has 1 fully saturated rings. The van der Waals surface area contributed by atoms with Crippen LogP contribution >= 0.6 is 27.3 Å². The van der Waals surface area contributed by atoms with Crippen molar-refractivity contribution in [2.45, 2.75) is 51.6 Å². The second-order valence-corrected chi connectivity index (χ2v) is 6.30.